The van der Waals surface area contributed by atoms with Crippen molar-refractivity contribution in [3.05, 3.63) is 11.2 Å². The number of amides is 2. The monoisotopic (exact) mass is 317 g/mol. The SMILES string of the molecule is Cc1ncc(S(=O)(=O)NC(=O)[C@H]2C[C@H]2C(=O)N(C)C)s1. The average molecular weight is 317 g/mol. The quantitative estimate of drug-likeness (QED) is 0.842. The first-order valence-corrected chi connectivity index (χ1v) is 8.22. The molecular formula is C11H15N3O4S2. The molecule has 1 aliphatic carbocycles. The van der Waals surface area contributed by atoms with Gasteiger partial charge in [-0.2, -0.15) is 0 Å². The van der Waals surface area contributed by atoms with Gasteiger partial charge in [0.25, 0.3) is 10.0 Å². The Hall–Kier alpha value is -1.48. The first-order valence-electron chi connectivity index (χ1n) is 5.92. The van der Waals surface area contributed by atoms with E-state index in [-0.39, 0.29) is 10.1 Å². The van der Waals surface area contributed by atoms with Gasteiger partial charge in [0.2, 0.25) is 11.8 Å². The van der Waals surface area contributed by atoms with E-state index in [9.17, 15) is 18.0 Å². The average Bonchev–Trinajstić information content (AvgIpc) is 3.02. The van der Waals surface area contributed by atoms with Crippen LogP contribution in [0.15, 0.2) is 10.4 Å². The number of rotatable bonds is 4. The molecule has 0 spiro atoms. The first kappa shape index (κ1) is 14.9. The zero-order valence-electron chi connectivity index (χ0n) is 11.3. The van der Waals surface area contributed by atoms with E-state index in [0.717, 1.165) is 11.3 Å². The summed E-state index contributed by atoms with van der Waals surface area (Å²) in [6, 6.07) is 0. The predicted molar refractivity (Wildman–Crippen MR) is 72.5 cm³/mol. The third kappa shape index (κ3) is 2.98. The lowest BCUT2D eigenvalue weighted by molar-refractivity contribution is -0.132. The Balaban J connectivity index is 2.01. The van der Waals surface area contributed by atoms with Gasteiger partial charge in [-0.3, -0.25) is 9.59 Å². The number of carbonyl (C=O) groups excluding carboxylic acids is 2. The van der Waals surface area contributed by atoms with E-state index in [1.165, 1.54) is 11.1 Å². The number of carbonyl (C=O) groups is 2. The standard InChI is InChI=1S/C11H15N3O4S2/c1-6-12-5-9(19-6)20(17,18)13-10(15)7-4-8(7)11(16)14(2)3/h5,7-8H,4H2,1-3H3,(H,13,15)/t7-,8+/m0/s1. The Morgan fingerprint density at radius 3 is 2.55 bits per heavy atom. The summed E-state index contributed by atoms with van der Waals surface area (Å²) in [6.07, 6.45) is 1.60. The number of aromatic nitrogens is 1. The molecule has 0 aromatic carbocycles. The van der Waals surface area contributed by atoms with E-state index in [1.54, 1.807) is 21.0 Å². The summed E-state index contributed by atoms with van der Waals surface area (Å²) >= 11 is 0.992. The number of hydrogen-bond donors (Lipinski definition) is 1. The maximum atomic E-state index is 11.9. The minimum Gasteiger partial charge on any atom is -0.349 e. The predicted octanol–water partition coefficient (Wildman–Crippen LogP) is -0.0193. The molecule has 0 radical (unpaired) electrons. The Morgan fingerprint density at radius 1 is 1.40 bits per heavy atom. The van der Waals surface area contributed by atoms with Gasteiger partial charge in [-0.25, -0.2) is 18.1 Å². The highest BCUT2D eigenvalue weighted by molar-refractivity contribution is 7.92. The van der Waals surface area contributed by atoms with Gasteiger partial charge >= 0.3 is 0 Å². The fourth-order valence-electron chi connectivity index (χ4n) is 1.81. The van der Waals surface area contributed by atoms with Crippen LogP contribution in [0, 0.1) is 18.8 Å². The normalized spacial score (nSPS) is 21.4. The molecule has 20 heavy (non-hydrogen) atoms. The molecule has 1 aromatic heterocycles. The molecule has 2 rings (SSSR count). The molecule has 2 atom stereocenters. The van der Waals surface area contributed by atoms with Crippen LogP contribution in [0.3, 0.4) is 0 Å². The van der Waals surface area contributed by atoms with Crippen molar-refractivity contribution in [1.29, 1.82) is 0 Å². The maximum Gasteiger partial charge on any atom is 0.275 e. The zero-order valence-corrected chi connectivity index (χ0v) is 12.9. The second-order valence-corrected chi connectivity index (χ2v) is 7.99. The van der Waals surface area contributed by atoms with E-state index in [2.05, 4.69) is 4.98 Å². The fraction of sp³-hybridized carbons (Fsp3) is 0.545. The summed E-state index contributed by atoms with van der Waals surface area (Å²) < 4.78 is 25.9. The summed E-state index contributed by atoms with van der Waals surface area (Å²) in [4.78, 5) is 28.8. The highest BCUT2D eigenvalue weighted by atomic mass is 32.2. The molecule has 9 heteroatoms. The van der Waals surface area contributed by atoms with Crippen LogP contribution in [0.25, 0.3) is 0 Å². The molecule has 1 saturated carbocycles. The van der Waals surface area contributed by atoms with Crippen LogP contribution in [0.2, 0.25) is 0 Å². The van der Waals surface area contributed by atoms with Gasteiger partial charge in [-0.05, 0) is 13.3 Å². The Labute approximate surface area is 121 Å². The number of nitrogens with zero attached hydrogens (tertiary/aromatic N) is 2. The second kappa shape index (κ2) is 5.13. The highest BCUT2D eigenvalue weighted by Crippen LogP contribution is 2.40. The van der Waals surface area contributed by atoms with Gasteiger partial charge < -0.3 is 4.90 Å². The van der Waals surface area contributed by atoms with Crippen molar-refractivity contribution in [3.63, 3.8) is 0 Å². The topological polar surface area (TPSA) is 96.4 Å². The molecule has 1 N–H and O–H groups in total. The summed E-state index contributed by atoms with van der Waals surface area (Å²) in [6.45, 7) is 1.68. The van der Waals surface area contributed by atoms with Crippen LogP contribution < -0.4 is 4.72 Å². The van der Waals surface area contributed by atoms with Crippen LogP contribution >= 0.6 is 11.3 Å². The molecule has 7 nitrogen and oxygen atoms in total. The van der Waals surface area contributed by atoms with E-state index in [0.29, 0.717) is 11.4 Å². The van der Waals surface area contributed by atoms with Gasteiger partial charge in [0.15, 0.2) is 4.21 Å². The first-order chi connectivity index (χ1) is 9.22. The largest absolute Gasteiger partial charge is 0.349 e. The number of aryl methyl sites for hydroxylation is 1. The lowest BCUT2D eigenvalue weighted by Gasteiger charge is -2.09. The van der Waals surface area contributed by atoms with Crippen molar-refractivity contribution in [3.8, 4) is 0 Å². The van der Waals surface area contributed by atoms with Crippen LogP contribution in [-0.2, 0) is 19.6 Å². The number of hydrogen-bond acceptors (Lipinski definition) is 6. The summed E-state index contributed by atoms with van der Waals surface area (Å²) in [5.74, 6) is -1.76. The van der Waals surface area contributed by atoms with Crippen LogP contribution in [0.4, 0.5) is 0 Å². The van der Waals surface area contributed by atoms with Crippen LogP contribution in [0.5, 0.6) is 0 Å². The molecule has 1 heterocycles. The van der Waals surface area contributed by atoms with E-state index >= 15 is 0 Å². The Bertz CT molecular complexity index is 650. The summed E-state index contributed by atoms with van der Waals surface area (Å²) in [5.41, 5.74) is 0. The van der Waals surface area contributed by atoms with Gasteiger partial charge in [0.1, 0.15) is 0 Å². The summed E-state index contributed by atoms with van der Waals surface area (Å²) in [7, 11) is -0.674. The van der Waals surface area contributed by atoms with Crippen molar-refractivity contribution in [2.24, 2.45) is 11.8 Å². The molecular weight excluding hydrogens is 302 g/mol. The Morgan fingerprint density at radius 2 is 2.05 bits per heavy atom. The van der Waals surface area contributed by atoms with Gasteiger partial charge in [0.05, 0.1) is 23.0 Å². The third-order valence-electron chi connectivity index (χ3n) is 2.99. The molecule has 0 saturated heterocycles. The minimum atomic E-state index is -3.88. The van der Waals surface area contributed by atoms with Crippen molar-refractivity contribution in [2.45, 2.75) is 17.6 Å². The van der Waals surface area contributed by atoms with Gasteiger partial charge in [-0.1, -0.05) is 0 Å². The molecule has 1 aromatic rings. The van der Waals surface area contributed by atoms with Crippen LogP contribution in [-0.4, -0.2) is 44.2 Å². The molecule has 1 fully saturated rings. The number of sulfonamides is 1. The second-order valence-electron chi connectivity index (χ2n) is 4.85. The molecule has 0 aliphatic heterocycles. The van der Waals surface area contributed by atoms with Crippen molar-refractivity contribution in [2.75, 3.05) is 14.1 Å². The highest BCUT2D eigenvalue weighted by Gasteiger charge is 2.49. The van der Waals surface area contributed by atoms with Crippen molar-refractivity contribution in [1.82, 2.24) is 14.6 Å². The number of thiazole rings is 1. The van der Waals surface area contributed by atoms with E-state index < -0.39 is 27.8 Å². The molecule has 0 unspecified atom stereocenters. The lowest BCUT2D eigenvalue weighted by Crippen LogP contribution is -2.33. The number of nitrogens with one attached hydrogen (secondary N) is 1. The summed E-state index contributed by atoms with van der Waals surface area (Å²) in [5, 5.41) is 0.602. The van der Waals surface area contributed by atoms with Crippen LogP contribution in [0.1, 0.15) is 11.4 Å². The van der Waals surface area contributed by atoms with Gasteiger partial charge in [0, 0.05) is 14.1 Å². The smallest absolute Gasteiger partial charge is 0.275 e. The van der Waals surface area contributed by atoms with Crippen molar-refractivity contribution >= 4 is 33.2 Å². The minimum absolute atomic E-state index is 0.000476. The molecule has 2 amide bonds. The van der Waals surface area contributed by atoms with E-state index in [1.807, 2.05) is 4.72 Å². The molecule has 0 bridgehead atoms. The van der Waals surface area contributed by atoms with Crippen molar-refractivity contribution < 1.29 is 18.0 Å². The third-order valence-corrected chi connectivity index (χ3v) is 5.71. The molecule has 1 aliphatic rings. The Kier molecular flexibility index (Phi) is 3.83. The maximum absolute atomic E-state index is 11.9. The van der Waals surface area contributed by atoms with E-state index in [4.69, 9.17) is 0 Å². The fourth-order valence-corrected chi connectivity index (χ4v) is 3.95. The van der Waals surface area contributed by atoms with Gasteiger partial charge in [-0.15, -0.1) is 11.3 Å². The zero-order chi connectivity index (χ0) is 15.1. The lowest BCUT2D eigenvalue weighted by atomic mass is 10.3. The molecule has 110 valence electrons.